The van der Waals surface area contributed by atoms with Crippen LogP contribution in [0, 0.1) is 0 Å². The number of hydrogen-bond acceptors (Lipinski definition) is 4. The summed E-state index contributed by atoms with van der Waals surface area (Å²) < 4.78 is 3.18. The van der Waals surface area contributed by atoms with Crippen molar-refractivity contribution in [2.45, 2.75) is 25.9 Å². The summed E-state index contributed by atoms with van der Waals surface area (Å²) in [6, 6.07) is 12.0. The van der Waals surface area contributed by atoms with Gasteiger partial charge in [-0.05, 0) is 18.1 Å². The van der Waals surface area contributed by atoms with Crippen LogP contribution in [0.3, 0.4) is 0 Å². The number of benzene rings is 1. The third kappa shape index (κ3) is 3.72. The van der Waals surface area contributed by atoms with Crippen LogP contribution in [0.1, 0.15) is 41.3 Å². The minimum atomic E-state index is -0.419. The van der Waals surface area contributed by atoms with E-state index in [2.05, 4.69) is 15.4 Å². The lowest BCUT2D eigenvalue weighted by atomic mass is 10.1. The van der Waals surface area contributed by atoms with Gasteiger partial charge < -0.3 is 9.88 Å². The molecule has 1 N–H and O–H groups in total. The number of carbonyl (C=O) groups excluding carboxylic acids is 1. The Morgan fingerprint density at radius 1 is 1.19 bits per heavy atom. The normalized spacial score (nSPS) is 11.9. The lowest BCUT2D eigenvalue weighted by Gasteiger charge is -2.19. The van der Waals surface area contributed by atoms with E-state index in [1.54, 1.807) is 6.20 Å². The second-order valence-corrected chi connectivity index (χ2v) is 5.99. The van der Waals surface area contributed by atoms with Crippen LogP contribution < -0.4 is 10.9 Å². The van der Waals surface area contributed by atoms with Gasteiger partial charge in [-0.1, -0.05) is 37.3 Å². The minimum Gasteiger partial charge on any atom is -0.337 e. The van der Waals surface area contributed by atoms with Crippen LogP contribution in [0.5, 0.6) is 0 Å². The molecule has 1 aromatic carbocycles. The molecule has 0 fully saturated rings. The average molecular weight is 351 g/mol. The van der Waals surface area contributed by atoms with Crippen molar-refractivity contribution in [1.82, 2.24) is 24.6 Å². The maximum atomic E-state index is 12.8. The van der Waals surface area contributed by atoms with E-state index in [-0.39, 0.29) is 17.2 Å². The van der Waals surface area contributed by atoms with E-state index in [0.717, 1.165) is 12.0 Å². The zero-order valence-electron chi connectivity index (χ0n) is 14.8. The molecule has 0 aliphatic carbocycles. The molecule has 7 heteroatoms. The summed E-state index contributed by atoms with van der Waals surface area (Å²) in [6.45, 7) is 2.43. The van der Waals surface area contributed by atoms with E-state index in [1.165, 1.54) is 16.8 Å². The van der Waals surface area contributed by atoms with Crippen molar-refractivity contribution >= 4 is 5.91 Å². The number of hydrogen-bond donors (Lipinski definition) is 1. The van der Waals surface area contributed by atoms with Crippen molar-refractivity contribution in [3.63, 3.8) is 0 Å². The van der Waals surface area contributed by atoms with Crippen molar-refractivity contribution in [2.75, 3.05) is 0 Å². The molecule has 0 unspecified atom stereocenters. The van der Waals surface area contributed by atoms with Gasteiger partial charge in [-0.3, -0.25) is 9.59 Å². The molecule has 3 aromatic rings. The lowest BCUT2D eigenvalue weighted by Crippen LogP contribution is -2.33. The molecule has 0 saturated heterocycles. The molecule has 134 valence electrons. The van der Waals surface area contributed by atoms with E-state index in [4.69, 9.17) is 0 Å². The highest BCUT2D eigenvalue weighted by Gasteiger charge is 2.22. The van der Waals surface area contributed by atoms with Crippen LogP contribution in [-0.2, 0) is 13.6 Å². The Bertz CT molecular complexity index is 946. The van der Waals surface area contributed by atoms with Gasteiger partial charge in [0.25, 0.3) is 11.5 Å². The van der Waals surface area contributed by atoms with Gasteiger partial charge in [-0.15, -0.1) is 0 Å². The first kappa shape index (κ1) is 17.6. The third-order valence-electron chi connectivity index (χ3n) is 4.06. The summed E-state index contributed by atoms with van der Waals surface area (Å²) in [5, 5.41) is 7.16. The summed E-state index contributed by atoms with van der Waals surface area (Å²) in [4.78, 5) is 29.0. The molecule has 26 heavy (non-hydrogen) atoms. The van der Waals surface area contributed by atoms with Gasteiger partial charge in [-0.25, -0.2) is 9.67 Å². The minimum absolute atomic E-state index is 0.202. The van der Waals surface area contributed by atoms with E-state index >= 15 is 0 Å². The third-order valence-corrected chi connectivity index (χ3v) is 4.06. The molecule has 0 spiro atoms. The maximum Gasteiger partial charge on any atom is 0.272 e. The van der Waals surface area contributed by atoms with Gasteiger partial charge >= 0.3 is 0 Å². The average Bonchev–Trinajstić information content (AvgIpc) is 3.08. The number of imidazole rings is 1. The SMILES string of the molecule is CCCn1nc(C(=O)N[C@H](c2ccccc2)c2nccn2C)ccc1=O. The molecule has 1 amide bonds. The number of aryl methyl sites for hydroxylation is 2. The van der Waals surface area contributed by atoms with Gasteiger partial charge in [0.15, 0.2) is 0 Å². The molecule has 3 rings (SSSR count). The van der Waals surface area contributed by atoms with E-state index in [0.29, 0.717) is 12.4 Å². The summed E-state index contributed by atoms with van der Waals surface area (Å²) >= 11 is 0. The number of amides is 1. The molecule has 7 nitrogen and oxygen atoms in total. The van der Waals surface area contributed by atoms with Crippen molar-refractivity contribution in [1.29, 1.82) is 0 Å². The van der Waals surface area contributed by atoms with Crippen LogP contribution in [0.25, 0.3) is 0 Å². The smallest absolute Gasteiger partial charge is 0.272 e. The molecule has 0 radical (unpaired) electrons. The van der Waals surface area contributed by atoms with Gasteiger partial charge in [0, 0.05) is 32.1 Å². The zero-order valence-corrected chi connectivity index (χ0v) is 14.8. The van der Waals surface area contributed by atoms with Gasteiger partial charge in [0.05, 0.1) is 0 Å². The number of nitrogens with zero attached hydrogens (tertiary/aromatic N) is 4. The largest absolute Gasteiger partial charge is 0.337 e. The fourth-order valence-electron chi connectivity index (χ4n) is 2.74. The fourth-order valence-corrected chi connectivity index (χ4v) is 2.74. The molecule has 1 atom stereocenters. The predicted molar refractivity (Wildman–Crippen MR) is 97.7 cm³/mol. The van der Waals surface area contributed by atoms with Crippen molar-refractivity contribution in [3.05, 3.63) is 82.3 Å². The molecule has 0 saturated carbocycles. The Morgan fingerprint density at radius 2 is 1.96 bits per heavy atom. The molecule has 2 aromatic heterocycles. The number of aromatic nitrogens is 4. The topological polar surface area (TPSA) is 81.8 Å². The quantitative estimate of drug-likeness (QED) is 0.735. The molecule has 2 heterocycles. The van der Waals surface area contributed by atoms with Crippen LogP contribution in [-0.4, -0.2) is 25.2 Å². The first-order valence-corrected chi connectivity index (χ1v) is 8.51. The van der Waals surface area contributed by atoms with Crippen molar-refractivity contribution < 1.29 is 4.79 Å². The molecule has 0 bridgehead atoms. The number of carbonyl (C=O) groups is 1. The maximum absolute atomic E-state index is 12.8. The highest BCUT2D eigenvalue weighted by Crippen LogP contribution is 2.20. The summed E-state index contributed by atoms with van der Waals surface area (Å²) in [6.07, 6.45) is 4.28. The molecular formula is C19H21N5O2. The van der Waals surface area contributed by atoms with Crippen LogP contribution in [0.4, 0.5) is 0 Å². The first-order valence-electron chi connectivity index (χ1n) is 8.51. The summed E-state index contributed by atoms with van der Waals surface area (Å²) in [5.74, 6) is 0.359. The highest BCUT2D eigenvalue weighted by molar-refractivity contribution is 5.92. The number of rotatable bonds is 6. The Labute approximate surface area is 151 Å². The predicted octanol–water partition coefficient (Wildman–Crippen LogP) is 1.91. The van der Waals surface area contributed by atoms with E-state index in [1.807, 2.05) is 55.1 Å². The van der Waals surface area contributed by atoms with Crippen molar-refractivity contribution in [2.24, 2.45) is 7.05 Å². The summed E-state index contributed by atoms with van der Waals surface area (Å²) in [5.41, 5.74) is 0.900. The van der Waals surface area contributed by atoms with E-state index in [9.17, 15) is 9.59 Å². The standard InChI is InChI=1S/C19H21N5O2/c1-3-12-24-16(25)10-9-15(22-24)19(26)21-17(14-7-5-4-6-8-14)18-20-11-13-23(18)2/h4-11,13,17H,3,12H2,1-2H3,(H,21,26)/t17-/m1/s1. The second-order valence-electron chi connectivity index (χ2n) is 5.99. The van der Waals surface area contributed by atoms with Crippen LogP contribution in [0.15, 0.2) is 59.7 Å². The highest BCUT2D eigenvalue weighted by atomic mass is 16.2. The van der Waals surface area contributed by atoms with Crippen molar-refractivity contribution in [3.8, 4) is 0 Å². The lowest BCUT2D eigenvalue weighted by molar-refractivity contribution is 0.0933. The van der Waals surface area contributed by atoms with E-state index < -0.39 is 6.04 Å². The number of nitrogens with one attached hydrogen (secondary N) is 1. The van der Waals surface area contributed by atoms with Gasteiger partial charge in [0.2, 0.25) is 0 Å². The van der Waals surface area contributed by atoms with Gasteiger partial charge in [-0.2, -0.15) is 5.10 Å². The summed E-state index contributed by atoms with van der Waals surface area (Å²) in [7, 11) is 1.88. The Hall–Kier alpha value is -3.22. The monoisotopic (exact) mass is 351 g/mol. The van der Waals surface area contributed by atoms with Gasteiger partial charge in [0.1, 0.15) is 17.6 Å². The Balaban J connectivity index is 1.92. The Kier molecular flexibility index (Phi) is 5.26. The molecule has 0 aliphatic rings. The fraction of sp³-hybridized carbons (Fsp3) is 0.263. The second kappa shape index (κ2) is 7.77. The first-order chi connectivity index (χ1) is 12.6. The molecule has 0 aliphatic heterocycles. The van der Waals surface area contributed by atoms with Crippen LogP contribution >= 0.6 is 0 Å². The zero-order chi connectivity index (χ0) is 18.5. The van der Waals surface area contributed by atoms with Crippen LogP contribution in [0.2, 0.25) is 0 Å². The Morgan fingerprint density at radius 3 is 2.62 bits per heavy atom. The molecular weight excluding hydrogens is 330 g/mol.